The third kappa shape index (κ3) is 2.30. The normalized spacial score (nSPS) is 53.0. The molecule has 0 aromatic heterocycles. The molecule has 6 aliphatic carbocycles. The van der Waals surface area contributed by atoms with Crippen molar-refractivity contribution >= 4 is 5.97 Å². The van der Waals surface area contributed by atoms with Crippen LogP contribution in [-0.4, -0.2) is 11.6 Å². The topological polar surface area (TPSA) is 26.3 Å². The van der Waals surface area contributed by atoms with E-state index in [0.717, 1.165) is 42.9 Å². The zero-order valence-electron chi connectivity index (χ0n) is 14.7. The highest BCUT2D eigenvalue weighted by Crippen LogP contribution is 2.62. The Balaban J connectivity index is 1.29. The second-order valence-corrected chi connectivity index (χ2v) is 10.1. The quantitative estimate of drug-likeness (QED) is 0.674. The molecule has 6 fully saturated rings. The van der Waals surface area contributed by atoms with Crippen LogP contribution in [0.4, 0.5) is 0 Å². The highest BCUT2D eigenvalue weighted by Gasteiger charge is 2.55. The van der Waals surface area contributed by atoms with Crippen LogP contribution in [0.1, 0.15) is 84.0 Å². The number of ether oxygens (including phenoxy) is 1. The number of rotatable bonds is 4. The average molecular weight is 316 g/mol. The molecule has 0 aliphatic heterocycles. The van der Waals surface area contributed by atoms with Gasteiger partial charge in [0.15, 0.2) is 0 Å². The molecule has 3 atom stereocenters. The molecular weight excluding hydrogens is 284 g/mol. The molecule has 0 amide bonds. The summed E-state index contributed by atoms with van der Waals surface area (Å²) in [5, 5.41) is 0. The molecule has 0 heterocycles. The van der Waals surface area contributed by atoms with Crippen LogP contribution in [0, 0.1) is 35.0 Å². The van der Waals surface area contributed by atoms with E-state index in [9.17, 15) is 4.79 Å². The molecule has 0 saturated heterocycles. The van der Waals surface area contributed by atoms with Crippen molar-refractivity contribution < 1.29 is 9.53 Å². The van der Waals surface area contributed by atoms with E-state index in [1.807, 2.05) is 0 Å². The maximum atomic E-state index is 12.9. The molecule has 128 valence electrons. The van der Waals surface area contributed by atoms with E-state index in [1.165, 1.54) is 57.8 Å². The van der Waals surface area contributed by atoms with Gasteiger partial charge in [0.05, 0.1) is 6.42 Å². The Labute approximate surface area is 140 Å². The van der Waals surface area contributed by atoms with Crippen LogP contribution in [0.2, 0.25) is 0 Å². The minimum atomic E-state index is -0.0811. The standard InChI is InChI=1S/C21H32O2/c1-2-21(12-14-3-4-18(21)8-14)23-19(22)13-20-9-15-5-16(10-20)7-17(6-15)11-20/h14-18H,2-13H2,1H3/t14-,15?,16?,17?,18+,20?,21-/m0/s1. The van der Waals surface area contributed by atoms with Crippen molar-refractivity contribution in [3.8, 4) is 0 Å². The van der Waals surface area contributed by atoms with Gasteiger partial charge in [-0.3, -0.25) is 4.79 Å². The van der Waals surface area contributed by atoms with E-state index in [1.54, 1.807) is 0 Å². The molecule has 2 heteroatoms. The lowest BCUT2D eigenvalue weighted by atomic mass is 9.49. The average Bonchev–Trinajstić information content (AvgIpc) is 3.05. The second kappa shape index (κ2) is 4.99. The molecule has 6 rings (SSSR count). The Morgan fingerprint density at radius 3 is 2.04 bits per heavy atom. The summed E-state index contributed by atoms with van der Waals surface area (Å²) < 4.78 is 6.28. The van der Waals surface area contributed by atoms with E-state index >= 15 is 0 Å². The third-order valence-corrected chi connectivity index (χ3v) is 8.52. The van der Waals surface area contributed by atoms with Gasteiger partial charge in [-0.2, -0.15) is 0 Å². The second-order valence-electron chi connectivity index (χ2n) is 10.1. The number of esters is 1. The number of hydrogen-bond donors (Lipinski definition) is 0. The molecule has 2 nitrogen and oxygen atoms in total. The largest absolute Gasteiger partial charge is 0.459 e. The van der Waals surface area contributed by atoms with E-state index in [-0.39, 0.29) is 11.6 Å². The summed E-state index contributed by atoms with van der Waals surface area (Å²) >= 11 is 0. The summed E-state index contributed by atoms with van der Waals surface area (Å²) in [5.41, 5.74) is 0.251. The van der Waals surface area contributed by atoms with Gasteiger partial charge in [-0.1, -0.05) is 6.92 Å². The molecule has 0 spiro atoms. The Hall–Kier alpha value is -0.530. The first kappa shape index (κ1) is 14.8. The maximum Gasteiger partial charge on any atom is 0.306 e. The molecule has 0 unspecified atom stereocenters. The lowest BCUT2D eigenvalue weighted by Crippen LogP contribution is -2.48. The lowest BCUT2D eigenvalue weighted by molar-refractivity contribution is -0.173. The van der Waals surface area contributed by atoms with Crippen LogP contribution < -0.4 is 0 Å². The highest BCUT2D eigenvalue weighted by molar-refractivity contribution is 5.71. The fraction of sp³-hybridized carbons (Fsp3) is 0.952. The summed E-state index contributed by atoms with van der Waals surface area (Å²) in [5.74, 6) is 4.44. The Morgan fingerprint density at radius 2 is 1.57 bits per heavy atom. The van der Waals surface area contributed by atoms with E-state index < -0.39 is 0 Å². The van der Waals surface area contributed by atoms with Crippen molar-refractivity contribution in [1.29, 1.82) is 0 Å². The zero-order chi connectivity index (χ0) is 15.7. The molecule has 6 bridgehead atoms. The summed E-state index contributed by atoms with van der Waals surface area (Å²) in [6.45, 7) is 2.23. The van der Waals surface area contributed by atoms with Crippen LogP contribution >= 0.6 is 0 Å². The van der Waals surface area contributed by atoms with Crippen molar-refractivity contribution in [2.24, 2.45) is 35.0 Å². The van der Waals surface area contributed by atoms with Gasteiger partial charge < -0.3 is 4.74 Å². The van der Waals surface area contributed by atoms with Crippen molar-refractivity contribution in [2.45, 2.75) is 89.6 Å². The van der Waals surface area contributed by atoms with Gasteiger partial charge in [-0.15, -0.1) is 0 Å². The van der Waals surface area contributed by atoms with Crippen molar-refractivity contribution in [2.75, 3.05) is 0 Å². The number of carbonyl (C=O) groups is 1. The van der Waals surface area contributed by atoms with Crippen LogP contribution in [0.5, 0.6) is 0 Å². The Bertz CT molecular complexity index is 475. The van der Waals surface area contributed by atoms with Crippen LogP contribution in [0.3, 0.4) is 0 Å². The Morgan fingerprint density at radius 1 is 0.913 bits per heavy atom. The molecule has 6 saturated carbocycles. The SMILES string of the molecule is CC[C@]1(OC(=O)CC23CC4CC(CC(C4)C2)C3)C[C@H]2CC[C@@H]1C2. The molecule has 23 heavy (non-hydrogen) atoms. The van der Waals surface area contributed by atoms with Gasteiger partial charge in [0.25, 0.3) is 0 Å². The first-order valence-electron chi connectivity index (χ1n) is 10.3. The summed E-state index contributed by atoms with van der Waals surface area (Å²) in [4.78, 5) is 12.9. The van der Waals surface area contributed by atoms with Gasteiger partial charge in [-0.05, 0) is 106 Å². The molecule has 6 aliphatic rings. The summed E-state index contributed by atoms with van der Waals surface area (Å²) in [7, 11) is 0. The van der Waals surface area contributed by atoms with Crippen LogP contribution in [-0.2, 0) is 9.53 Å². The Kier molecular flexibility index (Phi) is 3.21. The van der Waals surface area contributed by atoms with E-state index in [2.05, 4.69) is 6.92 Å². The van der Waals surface area contributed by atoms with Crippen LogP contribution in [0.25, 0.3) is 0 Å². The lowest BCUT2D eigenvalue weighted by Gasteiger charge is -2.56. The number of carbonyl (C=O) groups excluding carboxylic acids is 1. The first-order chi connectivity index (χ1) is 11.1. The summed E-state index contributed by atoms with van der Waals surface area (Å²) in [6.07, 6.45) is 15.2. The zero-order valence-corrected chi connectivity index (χ0v) is 14.7. The molecule has 0 aromatic carbocycles. The first-order valence-corrected chi connectivity index (χ1v) is 10.3. The van der Waals surface area contributed by atoms with Gasteiger partial charge in [0.1, 0.15) is 5.60 Å². The predicted octanol–water partition coefficient (Wildman–Crippen LogP) is 5.10. The van der Waals surface area contributed by atoms with Crippen LogP contribution in [0.15, 0.2) is 0 Å². The molecule has 0 aromatic rings. The van der Waals surface area contributed by atoms with E-state index in [0.29, 0.717) is 11.3 Å². The number of hydrogen-bond acceptors (Lipinski definition) is 2. The predicted molar refractivity (Wildman–Crippen MR) is 89.8 cm³/mol. The molecule has 0 N–H and O–H groups in total. The minimum absolute atomic E-state index is 0.0811. The highest BCUT2D eigenvalue weighted by atomic mass is 16.6. The summed E-state index contributed by atoms with van der Waals surface area (Å²) in [6, 6.07) is 0. The van der Waals surface area contributed by atoms with Crippen molar-refractivity contribution in [3.63, 3.8) is 0 Å². The fourth-order valence-electron chi connectivity index (χ4n) is 8.10. The van der Waals surface area contributed by atoms with Gasteiger partial charge in [0, 0.05) is 0 Å². The van der Waals surface area contributed by atoms with Crippen molar-refractivity contribution in [3.05, 3.63) is 0 Å². The third-order valence-electron chi connectivity index (χ3n) is 8.52. The van der Waals surface area contributed by atoms with Gasteiger partial charge >= 0.3 is 5.97 Å². The van der Waals surface area contributed by atoms with Gasteiger partial charge in [-0.25, -0.2) is 0 Å². The smallest absolute Gasteiger partial charge is 0.306 e. The van der Waals surface area contributed by atoms with E-state index in [4.69, 9.17) is 4.74 Å². The molecular formula is C21H32O2. The monoisotopic (exact) mass is 316 g/mol. The van der Waals surface area contributed by atoms with Gasteiger partial charge in [0.2, 0.25) is 0 Å². The maximum absolute atomic E-state index is 12.9. The number of fused-ring (bicyclic) bond motifs is 2. The fourth-order valence-corrected chi connectivity index (χ4v) is 8.10. The molecule has 0 radical (unpaired) electrons. The minimum Gasteiger partial charge on any atom is -0.459 e. The van der Waals surface area contributed by atoms with Crippen molar-refractivity contribution in [1.82, 2.24) is 0 Å².